The Morgan fingerprint density at radius 2 is 1.62 bits per heavy atom. The van der Waals surface area contributed by atoms with E-state index in [1.165, 1.54) is 4.90 Å². The molecule has 1 aliphatic heterocycles. The number of benzene rings is 3. The monoisotopic (exact) mass is 380 g/mol. The average molecular weight is 381 g/mol. The molecule has 5 heteroatoms. The Kier molecular flexibility index (Phi) is 3.39. The molecule has 24 heavy (non-hydrogen) atoms. The van der Waals surface area contributed by atoms with Crippen molar-refractivity contribution in [3.63, 3.8) is 0 Å². The molecule has 2 N–H and O–H groups in total. The number of imide groups is 1. The molecule has 118 valence electrons. The fourth-order valence-corrected chi connectivity index (χ4v) is 3.56. The lowest BCUT2D eigenvalue weighted by atomic mass is 9.93. The minimum Gasteiger partial charge on any atom is -0.398 e. The maximum absolute atomic E-state index is 12.9. The lowest BCUT2D eigenvalue weighted by Crippen LogP contribution is -2.39. The largest absolute Gasteiger partial charge is 0.398 e. The summed E-state index contributed by atoms with van der Waals surface area (Å²) in [5.74, 6) is -0.592. The van der Waals surface area contributed by atoms with Crippen molar-refractivity contribution in [2.45, 2.75) is 6.54 Å². The zero-order valence-corrected chi connectivity index (χ0v) is 14.2. The smallest absolute Gasteiger partial charge is 0.261 e. The van der Waals surface area contributed by atoms with Gasteiger partial charge in [-0.05, 0) is 39.0 Å². The molecule has 0 spiro atoms. The van der Waals surface area contributed by atoms with Crippen LogP contribution in [0, 0.1) is 0 Å². The Bertz CT molecular complexity index is 999. The highest BCUT2D eigenvalue weighted by Crippen LogP contribution is 2.38. The van der Waals surface area contributed by atoms with Crippen molar-refractivity contribution in [2.24, 2.45) is 0 Å². The second kappa shape index (κ2) is 5.46. The Balaban J connectivity index is 1.91. The van der Waals surface area contributed by atoms with Crippen molar-refractivity contribution in [1.82, 2.24) is 4.90 Å². The van der Waals surface area contributed by atoms with Crippen LogP contribution in [-0.4, -0.2) is 16.7 Å². The fourth-order valence-electron chi connectivity index (χ4n) is 3.11. The molecule has 0 saturated heterocycles. The number of rotatable bonds is 2. The van der Waals surface area contributed by atoms with E-state index in [1.54, 1.807) is 18.2 Å². The Morgan fingerprint density at radius 1 is 0.917 bits per heavy atom. The van der Waals surface area contributed by atoms with Crippen LogP contribution in [0.15, 0.2) is 59.1 Å². The highest BCUT2D eigenvalue weighted by molar-refractivity contribution is 9.10. The van der Waals surface area contributed by atoms with Gasteiger partial charge in [-0.1, -0.05) is 42.5 Å². The summed E-state index contributed by atoms with van der Waals surface area (Å²) in [7, 11) is 0. The number of anilines is 1. The standard InChI is InChI=1S/C19H13BrN2O2/c20-17-12-7-4-8-13-16(12)14(9-15(17)21)19(24)22(18(13)23)10-11-5-2-1-3-6-11/h1-9H,10,21H2. The minimum absolute atomic E-state index is 0.240. The van der Waals surface area contributed by atoms with E-state index in [1.807, 2.05) is 36.4 Å². The van der Waals surface area contributed by atoms with Crippen LogP contribution in [-0.2, 0) is 6.54 Å². The zero-order chi connectivity index (χ0) is 16.8. The number of carbonyl (C=O) groups is 2. The second-order valence-electron chi connectivity index (χ2n) is 5.74. The molecular formula is C19H13BrN2O2. The normalized spacial score (nSPS) is 13.6. The van der Waals surface area contributed by atoms with Gasteiger partial charge < -0.3 is 5.73 Å². The van der Waals surface area contributed by atoms with Crippen LogP contribution in [0.3, 0.4) is 0 Å². The van der Waals surface area contributed by atoms with Gasteiger partial charge in [0.2, 0.25) is 0 Å². The third-order valence-corrected chi connectivity index (χ3v) is 5.14. The topological polar surface area (TPSA) is 63.4 Å². The SMILES string of the molecule is Nc1cc2c3c(cccc3c1Br)C(=O)N(Cc1ccccc1)C2=O. The lowest BCUT2D eigenvalue weighted by molar-refractivity contribution is 0.0598. The van der Waals surface area contributed by atoms with Gasteiger partial charge in [-0.25, -0.2) is 0 Å². The number of carbonyl (C=O) groups excluding carboxylic acids is 2. The van der Waals surface area contributed by atoms with Crippen LogP contribution in [0.5, 0.6) is 0 Å². The van der Waals surface area contributed by atoms with Gasteiger partial charge in [0.25, 0.3) is 11.8 Å². The van der Waals surface area contributed by atoms with E-state index in [2.05, 4.69) is 15.9 Å². The molecule has 0 bridgehead atoms. The van der Waals surface area contributed by atoms with Crippen molar-refractivity contribution in [2.75, 3.05) is 5.73 Å². The first kappa shape index (κ1) is 14.9. The van der Waals surface area contributed by atoms with Gasteiger partial charge in [0.15, 0.2) is 0 Å². The number of hydrogen-bond acceptors (Lipinski definition) is 3. The second-order valence-corrected chi connectivity index (χ2v) is 6.53. The molecule has 0 unspecified atom stereocenters. The highest BCUT2D eigenvalue weighted by atomic mass is 79.9. The minimum atomic E-state index is -0.313. The lowest BCUT2D eigenvalue weighted by Gasteiger charge is -2.28. The third kappa shape index (κ3) is 2.12. The summed E-state index contributed by atoms with van der Waals surface area (Å²) in [6.45, 7) is 0.240. The molecular weight excluding hydrogens is 368 g/mol. The van der Waals surface area contributed by atoms with E-state index < -0.39 is 0 Å². The first-order chi connectivity index (χ1) is 11.6. The molecule has 0 aliphatic carbocycles. The Morgan fingerprint density at radius 3 is 2.38 bits per heavy atom. The molecule has 1 heterocycles. The van der Waals surface area contributed by atoms with Crippen LogP contribution in [0.25, 0.3) is 10.8 Å². The molecule has 0 fully saturated rings. The number of halogens is 1. The molecule has 1 aliphatic rings. The van der Waals surface area contributed by atoms with Crippen molar-refractivity contribution in [3.05, 3.63) is 75.8 Å². The predicted octanol–water partition coefficient (Wildman–Crippen LogP) is 3.98. The Hall–Kier alpha value is -2.66. The van der Waals surface area contributed by atoms with Crippen molar-refractivity contribution in [3.8, 4) is 0 Å². The van der Waals surface area contributed by atoms with E-state index in [4.69, 9.17) is 5.73 Å². The van der Waals surface area contributed by atoms with E-state index >= 15 is 0 Å². The maximum Gasteiger partial charge on any atom is 0.261 e. The molecule has 4 rings (SSSR count). The number of nitrogens with two attached hydrogens (primary N) is 1. The summed E-state index contributed by atoms with van der Waals surface area (Å²) in [4.78, 5) is 27.1. The first-order valence-electron chi connectivity index (χ1n) is 7.48. The van der Waals surface area contributed by atoms with Gasteiger partial charge in [0, 0.05) is 21.1 Å². The van der Waals surface area contributed by atoms with Crippen LogP contribution in [0.4, 0.5) is 5.69 Å². The molecule has 0 radical (unpaired) electrons. The zero-order valence-electron chi connectivity index (χ0n) is 12.6. The summed E-state index contributed by atoms with van der Waals surface area (Å²) in [5, 5.41) is 1.45. The predicted molar refractivity (Wildman–Crippen MR) is 96.7 cm³/mol. The summed E-state index contributed by atoms with van der Waals surface area (Å²) in [6.07, 6.45) is 0. The molecule has 3 aromatic carbocycles. The van der Waals surface area contributed by atoms with Gasteiger partial charge in [0.05, 0.1) is 12.1 Å². The number of nitrogen functional groups attached to an aromatic ring is 1. The first-order valence-corrected chi connectivity index (χ1v) is 8.28. The number of hydrogen-bond donors (Lipinski definition) is 1. The van der Waals surface area contributed by atoms with Gasteiger partial charge in [-0.2, -0.15) is 0 Å². The van der Waals surface area contributed by atoms with Crippen molar-refractivity contribution >= 4 is 44.2 Å². The quantitative estimate of drug-likeness (QED) is 0.540. The molecule has 0 aromatic heterocycles. The average Bonchev–Trinajstić information content (AvgIpc) is 2.61. The van der Waals surface area contributed by atoms with E-state index in [0.29, 0.717) is 26.7 Å². The van der Waals surface area contributed by atoms with E-state index in [0.717, 1.165) is 10.9 Å². The molecule has 0 atom stereocenters. The van der Waals surface area contributed by atoms with E-state index in [9.17, 15) is 9.59 Å². The van der Waals surface area contributed by atoms with Gasteiger partial charge >= 0.3 is 0 Å². The van der Waals surface area contributed by atoms with E-state index in [-0.39, 0.29) is 18.4 Å². The summed E-state index contributed by atoms with van der Waals surface area (Å²) < 4.78 is 0.709. The van der Waals surface area contributed by atoms with Crippen LogP contribution < -0.4 is 5.73 Å². The summed E-state index contributed by atoms with van der Waals surface area (Å²) in [6, 6.07) is 16.5. The fraction of sp³-hybridized carbons (Fsp3) is 0.0526. The van der Waals surface area contributed by atoms with Crippen LogP contribution in [0.2, 0.25) is 0 Å². The molecule has 0 saturated carbocycles. The summed E-state index contributed by atoms with van der Waals surface area (Å²) in [5.41, 5.74) is 8.41. The maximum atomic E-state index is 12.9. The van der Waals surface area contributed by atoms with Gasteiger partial charge in [-0.15, -0.1) is 0 Å². The van der Waals surface area contributed by atoms with Crippen molar-refractivity contribution in [1.29, 1.82) is 0 Å². The summed E-state index contributed by atoms with van der Waals surface area (Å²) >= 11 is 3.45. The van der Waals surface area contributed by atoms with Crippen LogP contribution in [0.1, 0.15) is 26.3 Å². The highest BCUT2D eigenvalue weighted by Gasteiger charge is 2.33. The molecule has 3 aromatic rings. The molecule has 2 amide bonds. The number of nitrogens with zero attached hydrogens (tertiary/aromatic N) is 1. The van der Waals surface area contributed by atoms with Gasteiger partial charge in [-0.3, -0.25) is 14.5 Å². The van der Waals surface area contributed by atoms with Crippen molar-refractivity contribution < 1.29 is 9.59 Å². The number of amides is 2. The third-order valence-electron chi connectivity index (χ3n) is 4.26. The molecule has 4 nitrogen and oxygen atoms in total. The van der Waals surface area contributed by atoms with Crippen LogP contribution >= 0.6 is 15.9 Å². The van der Waals surface area contributed by atoms with Gasteiger partial charge in [0.1, 0.15) is 0 Å². The Labute approximate surface area is 147 Å².